The van der Waals surface area contributed by atoms with Crippen LogP contribution >= 0.6 is 0 Å². The number of hydrogen-bond acceptors (Lipinski definition) is 9. The Morgan fingerprint density at radius 3 is 2.50 bits per heavy atom. The minimum atomic E-state index is -3.90. The zero-order valence-corrected chi connectivity index (χ0v) is 31.6. The van der Waals surface area contributed by atoms with Gasteiger partial charge in [0.05, 0.1) is 18.4 Å². The maximum Gasteiger partial charge on any atom is 0.407 e. The Morgan fingerprint density at radius 1 is 1.06 bits per heavy atom. The molecular formula is C40H47N5O8S. The van der Waals surface area contributed by atoms with Crippen LogP contribution < -0.4 is 15.4 Å². The molecule has 0 spiro atoms. The Morgan fingerprint density at radius 2 is 1.80 bits per heavy atom. The molecular weight excluding hydrogens is 711 g/mol. The highest BCUT2D eigenvalue weighted by Gasteiger charge is 2.62. The number of nitrogens with zero attached hydrogens (tertiary/aromatic N) is 2. The van der Waals surface area contributed by atoms with Crippen LogP contribution in [-0.4, -0.2) is 85.0 Å². The molecule has 2 aromatic rings. The standard InChI is InChI=1S/C40H47N5O8S/c1-5-25-22-40(25,37(48)44-54(50,51)27-16-17-27)42-35(46)32-21-26-23-45(32)36(47)34(39(2,3)4)41-38(49)52-19-11-7-6-8-12-24-15-18-29-28-13-9-10-14-30(28)33(43-53-26)31(29)20-24/h5,8-10,12-15,18,20,25-27,32,34H,1,6-7,11,16-17,19,21-23H2,2-4H3,(H,41,49)(H,42,46)(H,44,48)/t25-,26-,32+,34-,40-/m1/s1. The van der Waals surface area contributed by atoms with Crippen molar-refractivity contribution in [3.63, 3.8) is 0 Å². The molecule has 4 bridgehead atoms. The predicted molar refractivity (Wildman–Crippen MR) is 202 cm³/mol. The minimum absolute atomic E-state index is 0.0176. The molecule has 54 heavy (non-hydrogen) atoms. The highest BCUT2D eigenvalue weighted by Crippen LogP contribution is 2.46. The van der Waals surface area contributed by atoms with E-state index in [2.05, 4.69) is 57.4 Å². The molecule has 0 unspecified atom stereocenters. The molecule has 1 saturated heterocycles. The molecule has 2 saturated carbocycles. The van der Waals surface area contributed by atoms with Crippen molar-refractivity contribution in [1.82, 2.24) is 20.3 Å². The summed E-state index contributed by atoms with van der Waals surface area (Å²) >= 11 is 0. The smallest absolute Gasteiger partial charge is 0.407 e. The first-order valence-electron chi connectivity index (χ1n) is 18.6. The van der Waals surface area contributed by atoms with Gasteiger partial charge in [-0.15, -0.1) is 6.58 Å². The fraction of sp³-hybridized carbons (Fsp3) is 0.475. The van der Waals surface area contributed by atoms with E-state index in [0.717, 1.165) is 40.7 Å². The monoisotopic (exact) mass is 757 g/mol. The van der Waals surface area contributed by atoms with E-state index in [-0.39, 0.29) is 26.0 Å². The molecule has 13 nitrogen and oxygen atoms in total. The third-order valence-electron chi connectivity index (χ3n) is 10.8. The van der Waals surface area contributed by atoms with Crippen LogP contribution in [0.15, 0.2) is 66.4 Å². The Balaban J connectivity index is 1.22. The first kappa shape index (κ1) is 37.3. The fourth-order valence-corrected chi connectivity index (χ4v) is 8.86. The van der Waals surface area contributed by atoms with Crippen LogP contribution in [0, 0.1) is 11.3 Å². The number of amides is 4. The number of allylic oxidation sites excluding steroid dienone is 1. The zero-order valence-electron chi connectivity index (χ0n) is 30.8. The maximum atomic E-state index is 14.5. The molecule has 2 aromatic carbocycles. The molecule has 4 amide bonds. The van der Waals surface area contributed by atoms with Gasteiger partial charge in [0.15, 0.2) is 0 Å². The van der Waals surface area contributed by atoms with Gasteiger partial charge >= 0.3 is 6.09 Å². The van der Waals surface area contributed by atoms with Gasteiger partial charge in [0.25, 0.3) is 5.91 Å². The molecule has 3 N–H and O–H groups in total. The van der Waals surface area contributed by atoms with E-state index in [1.165, 1.54) is 11.0 Å². The molecule has 2 aliphatic heterocycles. The molecule has 2 heterocycles. The van der Waals surface area contributed by atoms with Crippen molar-refractivity contribution in [2.75, 3.05) is 13.2 Å². The maximum absolute atomic E-state index is 14.5. The number of alkyl carbamates (subject to hydrolysis) is 1. The van der Waals surface area contributed by atoms with Gasteiger partial charge in [0.1, 0.15) is 29.4 Å². The molecule has 5 atom stereocenters. The van der Waals surface area contributed by atoms with Gasteiger partial charge in [0.2, 0.25) is 21.8 Å². The van der Waals surface area contributed by atoms with Gasteiger partial charge in [-0.3, -0.25) is 19.1 Å². The summed E-state index contributed by atoms with van der Waals surface area (Å²) in [5.41, 5.74) is 3.10. The van der Waals surface area contributed by atoms with Crippen molar-refractivity contribution >= 4 is 45.6 Å². The lowest BCUT2D eigenvalue weighted by Gasteiger charge is -2.35. The number of ether oxygens (including phenoxy) is 1. The van der Waals surface area contributed by atoms with E-state index in [1.54, 1.807) is 20.8 Å². The van der Waals surface area contributed by atoms with Crippen LogP contribution in [0.3, 0.4) is 0 Å². The second-order valence-corrected chi connectivity index (χ2v) is 17.9. The van der Waals surface area contributed by atoms with Crippen molar-refractivity contribution in [2.45, 2.75) is 94.7 Å². The lowest BCUT2D eigenvalue weighted by Crippen LogP contribution is -2.60. The van der Waals surface area contributed by atoms with Gasteiger partial charge in [-0.05, 0) is 66.7 Å². The quantitative estimate of drug-likeness (QED) is 0.311. The van der Waals surface area contributed by atoms with Gasteiger partial charge in [-0.2, -0.15) is 0 Å². The summed E-state index contributed by atoms with van der Waals surface area (Å²) in [6.07, 6.45) is 7.43. The Bertz CT molecular complexity index is 2050. The number of carbonyl (C=O) groups is 4. The molecule has 286 valence electrons. The van der Waals surface area contributed by atoms with Crippen molar-refractivity contribution in [1.29, 1.82) is 0 Å². The summed E-state index contributed by atoms with van der Waals surface area (Å²) in [5.74, 6) is -2.55. The molecule has 0 radical (unpaired) electrons. The normalized spacial score (nSPS) is 27.0. The number of fused-ring (bicyclic) bond motifs is 6. The molecule has 7 rings (SSSR count). The predicted octanol–water partition coefficient (Wildman–Crippen LogP) is 4.41. The summed E-state index contributed by atoms with van der Waals surface area (Å²) < 4.78 is 33.1. The fourth-order valence-electron chi connectivity index (χ4n) is 7.50. The third kappa shape index (κ3) is 7.40. The number of cyclic esters (lactones) is 1. The second-order valence-electron chi connectivity index (χ2n) is 15.9. The lowest BCUT2D eigenvalue weighted by atomic mass is 9.85. The first-order valence-corrected chi connectivity index (χ1v) is 20.2. The summed E-state index contributed by atoms with van der Waals surface area (Å²) in [6.45, 7) is 9.30. The van der Waals surface area contributed by atoms with Gasteiger partial charge in [-0.1, -0.05) is 80.6 Å². The highest BCUT2D eigenvalue weighted by atomic mass is 32.2. The van der Waals surface area contributed by atoms with Crippen molar-refractivity contribution < 1.29 is 37.2 Å². The summed E-state index contributed by atoms with van der Waals surface area (Å²) in [6, 6.07) is 11.9. The average Bonchev–Trinajstić information content (AvgIpc) is 4.04. The zero-order chi connectivity index (χ0) is 38.4. The molecule has 14 heteroatoms. The first-order chi connectivity index (χ1) is 25.7. The van der Waals surface area contributed by atoms with E-state index in [0.29, 0.717) is 25.0 Å². The number of hydrogen-bond donors (Lipinski definition) is 3. The van der Waals surface area contributed by atoms with E-state index >= 15 is 0 Å². The van der Waals surface area contributed by atoms with Crippen LogP contribution in [0.25, 0.3) is 17.2 Å². The number of benzene rings is 2. The van der Waals surface area contributed by atoms with Gasteiger partial charge in [0, 0.05) is 23.5 Å². The summed E-state index contributed by atoms with van der Waals surface area (Å²) in [4.78, 5) is 62.9. The van der Waals surface area contributed by atoms with Gasteiger partial charge < -0.3 is 25.1 Å². The molecule has 5 aliphatic rings. The SMILES string of the molecule is C=C[C@@H]1C[C@]1(NC(=O)[C@@H]1C[C@@H]2CN1C(=O)[C@H](C(C)(C)C)NC(=O)OCCCCC=Cc1ccc3c(c1)C(=NO2)c1ccccc1-3)C(=O)NS(=O)(=O)C1CC1. The van der Waals surface area contributed by atoms with Crippen LogP contribution in [0.1, 0.15) is 82.4 Å². The number of sulfonamides is 1. The van der Waals surface area contributed by atoms with Crippen molar-refractivity contribution in [3.8, 4) is 11.1 Å². The molecule has 3 aliphatic carbocycles. The van der Waals surface area contributed by atoms with Gasteiger partial charge in [-0.25, -0.2) is 13.2 Å². The topological polar surface area (TPSA) is 173 Å². The van der Waals surface area contributed by atoms with E-state index in [9.17, 15) is 27.6 Å². The van der Waals surface area contributed by atoms with Crippen molar-refractivity contribution in [2.24, 2.45) is 16.5 Å². The third-order valence-corrected chi connectivity index (χ3v) is 12.7. The highest BCUT2D eigenvalue weighted by molar-refractivity contribution is 7.91. The van der Waals surface area contributed by atoms with Crippen LogP contribution in [-0.2, 0) is 34.0 Å². The number of carbonyl (C=O) groups excluding carboxylic acids is 4. The van der Waals surface area contributed by atoms with Crippen molar-refractivity contribution in [3.05, 3.63) is 77.9 Å². The number of nitrogens with one attached hydrogen (secondary N) is 3. The van der Waals surface area contributed by atoms with Crippen LogP contribution in [0.5, 0.6) is 0 Å². The van der Waals surface area contributed by atoms with E-state index in [4.69, 9.17) is 9.57 Å². The number of rotatable bonds is 6. The minimum Gasteiger partial charge on any atom is -0.450 e. The Labute approximate surface area is 315 Å². The second kappa shape index (κ2) is 14.3. The number of oxime groups is 1. The van der Waals surface area contributed by atoms with E-state index < -0.39 is 74.1 Å². The Kier molecular flexibility index (Phi) is 9.92. The van der Waals surface area contributed by atoms with E-state index in [1.807, 2.05) is 24.3 Å². The summed E-state index contributed by atoms with van der Waals surface area (Å²) in [5, 5.41) is 9.57. The van der Waals surface area contributed by atoms with Crippen LogP contribution in [0.4, 0.5) is 4.79 Å². The molecule has 0 aromatic heterocycles. The average molecular weight is 758 g/mol. The lowest BCUT2D eigenvalue weighted by molar-refractivity contribution is -0.143. The van der Waals surface area contributed by atoms with Crippen LogP contribution in [0.2, 0.25) is 0 Å². The molecule has 3 fully saturated rings. The summed E-state index contributed by atoms with van der Waals surface area (Å²) in [7, 11) is -3.90. The Hall–Kier alpha value is -4.98. The largest absolute Gasteiger partial charge is 0.450 e.